The number of nitrogens with one attached hydrogen (secondary N) is 2. The van der Waals surface area contributed by atoms with Gasteiger partial charge in [-0.3, -0.25) is 9.52 Å². The molecule has 2 N–H and O–H groups in total. The van der Waals surface area contributed by atoms with Gasteiger partial charge in [-0.05, 0) is 24.3 Å². The summed E-state index contributed by atoms with van der Waals surface area (Å²) in [7, 11) is -1.62. The zero-order valence-electron chi connectivity index (χ0n) is 14.8. The highest BCUT2D eigenvalue weighted by Crippen LogP contribution is 2.30. The van der Waals surface area contributed by atoms with E-state index in [1.54, 1.807) is 5.32 Å². The van der Waals surface area contributed by atoms with Crippen LogP contribution in [0.25, 0.3) is 0 Å². The van der Waals surface area contributed by atoms with Crippen LogP contribution in [0.2, 0.25) is 0 Å². The number of ether oxygens (including phenoxy) is 2. The Morgan fingerprint density at radius 3 is 2.36 bits per heavy atom. The molecule has 0 aliphatic carbocycles. The van der Waals surface area contributed by atoms with Crippen LogP contribution in [-0.2, 0) is 10.0 Å². The predicted octanol–water partition coefficient (Wildman–Crippen LogP) is 2.80. The van der Waals surface area contributed by atoms with E-state index in [0.717, 1.165) is 0 Å². The number of anilines is 1. The zero-order valence-corrected chi connectivity index (χ0v) is 15.6. The number of carbonyl (C=O) groups excluding carboxylic acids is 1. The minimum Gasteiger partial charge on any atom is -0.497 e. The van der Waals surface area contributed by atoms with Crippen LogP contribution in [0.3, 0.4) is 0 Å². The molecule has 2 aromatic carbocycles. The Labute approximate surface area is 159 Å². The number of halogens is 3. The maximum atomic E-state index is 12.8. The summed E-state index contributed by atoms with van der Waals surface area (Å²) in [6.45, 7) is -1.55. The van der Waals surface area contributed by atoms with Crippen molar-refractivity contribution in [2.45, 2.75) is 11.1 Å². The van der Waals surface area contributed by atoms with Crippen LogP contribution >= 0.6 is 0 Å². The summed E-state index contributed by atoms with van der Waals surface area (Å²) in [5.41, 5.74) is -0.454. The van der Waals surface area contributed by atoms with E-state index in [-0.39, 0.29) is 27.6 Å². The monoisotopic (exact) mass is 418 g/mol. The lowest BCUT2D eigenvalue weighted by Crippen LogP contribution is -2.34. The molecule has 0 heterocycles. The van der Waals surface area contributed by atoms with Crippen molar-refractivity contribution in [1.82, 2.24) is 5.32 Å². The topological polar surface area (TPSA) is 93.7 Å². The first-order valence-corrected chi connectivity index (χ1v) is 9.24. The van der Waals surface area contributed by atoms with E-state index >= 15 is 0 Å². The lowest BCUT2D eigenvalue weighted by Gasteiger charge is -2.15. The summed E-state index contributed by atoms with van der Waals surface area (Å²) in [4.78, 5) is 11.8. The van der Waals surface area contributed by atoms with Crippen molar-refractivity contribution in [1.29, 1.82) is 0 Å². The molecular formula is C17H17F3N2O5S. The minimum absolute atomic E-state index is 0.0207. The van der Waals surface area contributed by atoms with Gasteiger partial charge in [0, 0.05) is 6.07 Å². The molecule has 0 fully saturated rings. The van der Waals surface area contributed by atoms with Gasteiger partial charge >= 0.3 is 6.18 Å². The molecule has 2 rings (SSSR count). The van der Waals surface area contributed by atoms with E-state index < -0.39 is 28.7 Å². The maximum absolute atomic E-state index is 12.8. The van der Waals surface area contributed by atoms with Crippen molar-refractivity contribution in [2.75, 3.05) is 25.5 Å². The van der Waals surface area contributed by atoms with Crippen LogP contribution in [0.4, 0.5) is 18.9 Å². The number of carbonyl (C=O) groups is 1. The Morgan fingerprint density at radius 2 is 1.75 bits per heavy atom. The van der Waals surface area contributed by atoms with Gasteiger partial charge in [-0.1, -0.05) is 12.1 Å². The smallest absolute Gasteiger partial charge is 0.405 e. The number of sulfonamides is 1. The molecule has 1 amide bonds. The first kappa shape index (κ1) is 21.4. The fraction of sp³-hybridized carbons (Fsp3) is 0.235. The molecule has 2 aromatic rings. The van der Waals surface area contributed by atoms with E-state index in [2.05, 4.69) is 4.72 Å². The normalized spacial score (nSPS) is 11.6. The average molecular weight is 418 g/mol. The van der Waals surface area contributed by atoms with Crippen LogP contribution in [0, 0.1) is 0 Å². The van der Waals surface area contributed by atoms with Gasteiger partial charge in [0.15, 0.2) is 0 Å². The number of benzene rings is 2. The number of methoxy groups -OCH3 is 2. The maximum Gasteiger partial charge on any atom is 0.405 e. The van der Waals surface area contributed by atoms with E-state index in [0.29, 0.717) is 0 Å². The molecule has 0 unspecified atom stereocenters. The molecule has 0 aromatic heterocycles. The lowest BCUT2D eigenvalue weighted by molar-refractivity contribution is -0.123. The van der Waals surface area contributed by atoms with Gasteiger partial charge in [0.1, 0.15) is 22.9 Å². The third-order valence-electron chi connectivity index (χ3n) is 3.53. The molecule has 0 atom stereocenters. The summed E-state index contributed by atoms with van der Waals surface area (Å²) < 4.78 is 74.8. The fourth-order valence-corrected chi connectivity index (χ4v) is 3.50. The summed E-state index contributed by atoms with van der Waals surface area (Å²) in [6.07, 6.45) is -4.60. The molecule has 7 nitrogen and oxygen atoms in total. The third-order valence-corrected chi connectivity index (χ3v) is 4.91. The van der Waals surface area contributed by atoms with Gasteiger partial charge < -0.3 is 14.8 Å². The van der Waals surface area contributed by atoms with Gasteiger partial charge in [0.05, 0.1) is 25.5 Å². The van der Waals surface area contributed by atoms with Gasteiger partial charge in [0.2, 0.25) is 0 Å². The van der Waals surface area contributed by atoms with Crippen molar-refractivity contribution >= 4 is 21.6 Å². The molecular weight excluding hydrogens is 401 g/mol. The average Bonchev–Trinajstić information content (AvgIpc) is 2.65. The summed E-state index contributed by atoms with van der Waals surface area (Å²) in [5, 5.41) is 1.70. The van der Waals surface area contributed by atoms with Crippen LogP contribution in [0.5, 0.6) is 11.5 Å². The Kier molecular flexibility index (Phi) is 6.39. The van der Waals surface area contributed by atoms with Crippen molar-refractivity contribution in [3.8, 4) is 11.5 Å². The summed E-state index contributed by atoms with van der Waals surface area (Å²) >= 11 is 0. The first-order valence-electron chi connectivity index (χ1n) is 7.76. The number of amides is 1. The summed E-state index contributed by atoms with van der Waals surface area (Å²) in [5.74, 6) is -0.807. The number of hydrogen-bond acceptors (Lipinski definition) is 5. The minimum atomic E-state index is -4.60. The van der Waals surface area contributed by atoms with Crippen LogP contribution < -0.4 is 19.5 Å². The van der Waals surface area contributed by atoms with Crippen LogP contribution in [0.1, 0.15) is 10.4 Å². The lowest BCUT2D eigenvalue weighted by atomic mass is 10.1. The van der Waals surface area contributed by atoms with Gasteiger partial charge in [0.25, 0.3) is 15.9 Å². The second-order valence-electron chi connectivity index (χ2n) is 5.47. The molecule has 11 heteroatoms. The predicted molar refractivity (Wildman–Crippen MR) is 95.2 cm³/mol. The van der Waals surface area contributed by atoms with Crippen molar-refractivity contribution < 1.29 is 35.9 Å². The van der Waals surface area contributed by atoms with E-state index in [1.165, 1.54) is 56.7 Å². The molecule has 28 heavy (non-hydrogen) atoms. The molecule has 0 aliphatic heterocycles. The Hall–Kier alpha value is -2.95. The van der Waals surface area contributed by atoms with Gasteiger partial charge in [-0.2, -0.15) is 13.2 Å². The van der Waals surface area contributed by atoms with E-state index in [9.17, 15) is 26.4 Å². The van der Waals surface area contributed by atoms with Crippen LogP contribution in [-0.4, -0.2) is 41.3 Å². The second-order valence-corrected chi connectivity index (χ2v) is 7.12. The summed E-state index contributed by atoms with van der Waals surface area (Å²) in [6, 6.07) is 9.38. The molecule has 0 spiro atoms. The fourth-order valence-electron chi connectivity index (χ4n) is 2.24. The quantitative estimate of drug-likeness (QED) is 0.721. The molecule has 0 saturated carbocycles. The van der Waals surface area contributed by atoms with Crippen molar-refractivity contribution in [3.63, 3.8) is 0 Å². The highest BCUT2D eigenvalue weighted by molar-refractivity contribution is 7.92. The SMILES string of the molecule is COc1ccc(OC)c(S(=O)(=O)Nc2ccccc2C(=O)NCC(F)(F)F)c1. The van der Waals surface area contributed by atoms with E-state index in [1.807, 2.05) is 0 Å². The standard InChI is InChI=1S/C17H17F3N2O5S/c1-26-11-7-8-14(27-2)15(9-11)28(24,25)22-13-6-4-3-5-12(13)16(23)21-10-17(18,19)20/h3-9,22H,10H2,1-2H3,(H,21,23). The molecule has 0 radical (unpaired) electrons. The van der Waals surface area contributed by atoms with Crippen LogP contribution in [0.15, 0.2) is 47.4 Å². The Bertz CT molecular complexity index is 962. The molecule has 152 valence electrons. The highest BCUT2D eigenvalue weighted by Gasteiger charge is 2.29. The zero-order chi connectivity index (χ0) is 20.9. The molecule has 0 bridgehead atoms. The van der Waals surface area contributed by atoms with Gasteiger partial charge in [-0.15, -0.1) is 0 Å². The number of para-hydroxylation sites is 1. The number of hydrogen-bond donors (Lipinski definition) is 2. The molecule has 0 saturated heterocycles. The number of rotatable bonds is 7. The number of alkyl halides is 3. The van der Waals surface area contributed by atoms with E-state index in [4.69, 9.17) is 9.47 Å². The third kappa shape index (κ3) is 5.28. The Balaban J connectivity index is 2.37. The first-order chi connectivity index (χ1) is 13.1. The largest absolute Gasteiger partial charge is 0.497 e. The van der Waals surface area contributed by atoms with Crippen molar-refractivity contribution in [3.05, 3.63) is 48.0 Å². The van der Waals surface area contributed by atoms with Gasteiger partial charge in [-0.25, -0.2) is 8.42 Å². The molecule has 0 aliphatic rings. The second kappa shape index (κ2) is 8.38. The Morgan fingerprint density at radius 1 is 1.07 bits per heavy atom. The highest BCUT2D eigenvalue weighted by atomic mass is 32.2. The van der Waals surface area contributed by atoms with Crippen molar-refractivity contribution in [2.24, 2.45) is 0 Å².